The van der Waals surface area contributed by atoms with Gasteiger partial charge in [0.05, 0.1) is 0 Å². The van der Waals surface area contributed by atoms with Crippen molar-refractivity contribution in [1.82, 2.24) is 10.6 Å². The Hall–Kier alpha value is -0.770. The Balaban J connectivity index is 2.08. The van der Waals surface area contributed by atoms with E-state index in [2.05, 4.69) is 10.6 Å². The van der Waals surface area contributed by atoms with E-state index in [0.717, 1.165) is 6.42 Å². The SMILES string of the molecule is O=C(CCCCl)NCC1CCC(=O)N1. The number of amides is 2. The summed E-state index contributed by atoms with van der Waals surface area (Å²) in [4.78, 5) is 22.0. The van der Waals surface area contributed by atoms with Gasteiger partial charge in [-0.1, -0.05) is 0 Å². The minimum absolute atomic E-state index is 0.00630. The normalized spacial score (nSPS) is 20.6. The van der Waals surface area contributed by atoms with Crippen molar-refractivity contribution < 1.29 is 9.59 Å². The molecule has 1 aliphatic heterocycles. The van der Waals surface area contributed by atoms with Crippen LogP contribution in [0.1, 0.15) is 25.7 Å². The molecule has 1 atom stereocenters. The topological polar surface area (TPSA) is 58.2 Å². The van der Waals surface area contributed by atoms with Crippen LogP contribution in [0.15, 0.2) is 0 Å². The van der Waals surface area contributed by atoms with Crippen LogP contribution in [-0.2, 0) is 9.59 Å². The monoisotopic (exact) mass is 218 g/mol. The molecule has 2 N–H and O–H groups in total. The van der Waals surface area contributed by atoms with E-state index in [1.54, 1.807) is 0 Å². The summed E-state index contributed by atoms with van der Waals surface area (Å²) in [6.45, 7) is 0.535. The van der Waals surface area contributed by atoms with E-state index in [4.69, 9.17) is 11.6 Å². The molecule has 5 heteroatoms. The summed E-state index contributed by atoms with van der Waals surface area (Å²) in [7, 11) is 0. The van der Waals surface area contributed by atoms with Crippen molar-refractivity contribution in [1.29, 1.82) is 0 Å². The summed E-state index contributed by atoms with van der Waals surface area (Å²) in [5.74, 6) is 0.588. The van der Waals surface area contributed by atoms with Crippen molar-refractivity contribution in [2.24, 2.45) is 0 Å². The van der Waals surface area contributed by atoms with Gasteiger partial charge in [-0.2, -0.15) is 0 Å². The first-order valence-electron chi connectivity index (χ1n) is 4.84. The lowest BCUT2D eigenvalue weighted by Crippen LogP contribution is -2.38. The largest absolute Gasteiger partial charge is 0.354 e. The fourth-order valence-electron chi connectivity index (χ4n) is 1.38. The van der Waals surface area contributed by atoms with Gasteiger partial charge in [-0.15, -0.1) is 11.6 Å². The zero-order valence-electron chi connectivity index (χ0n) is 8.01. The predicted molar refractivity (Wildman–Crippen MR) is 54.1 cm³/mol. The Morgan fingerprint density at radius 2 is 2.43 bits per heavy atom. The molecule has 4 nitrogen and oxygen atoms in total. The zero-order chi connectivity index (χ0) is 10.4. The highest BCUT2D eigenvalue weighted by atomic mass is 35.5. The number of carbonyl (C=O) groups is 2. The fraction of sp³-hybridized carbons (Fsp3) is 0.778. The molecular formula is C9H15ClN2O2. The number of hydrogen-bond acceptors (Lipinski definition) is 2. The number of alkyl halides is 1. The second-order valence-electron chi connectivity index (χ2n) is 3.40. The molecule has 1 unspecified atom stereocenters. The van der Waals surface area contributed by atoms with Gasteiger partial charge >= 0.3 is 0 Å². The number of hydrogen-bond donors (Lipinski definition) is 2. The smallest absolute Gasteiger partial charge is 0.220 e. The molecule has 0 aliphatic carbocycles. The van der Waals surface area contributed by atoms with Gasteiger partial charge in [0.15, 0.2) is 0 Å². The molecule has 0 radical (unpaired) electrons. The van der Waals surface area contributed by atoms with Crippen molar-refractivity contribution in [2.45, 2.75) is 31.7 Å². The molecule has 1 saturated heterocycles. The highest BCUT2D eigenvalue weighted by Gasteiger charge is 2.20. The van der Waals surface area contributed by atoms with E-state index in [9.17, 15) is 9.59 Å². The van der Waals surface area contributed by atoms with Crippen LogP contribution < -0.4 is 10.6 Å². The predicted octanol–water partition coefficient (Wildman–Crippen LogP) is 0.400. The van der Waals surface area contributed by atoms with Crippen LogP contribution in [0, 0.1) is 0 Å². The molecular weight excluding hydrogens is 204 g/mol. The van der Waals surface area contributed by atoms with E-state index in [1.165, 1.54) is 0 Å². The van der Waals surface area contributed by atoms with Crippen molar-refractivity contribution >= 4 is 23.4 Å². The summed E-state index contributed by atoms with van der Waals surface area (Å²) in [5.41, 5.74) is 0. The Morgan fingerprint density at radius 1 is 1.64 bits per heavy atom. The third kappa shape index (κ3) is 3.96. The fourth-order valence-corrected chi connectivity index (χ4v) is 1.52. The van der Waals surface area contributed by atoms with Crippen molar-refractivity contribution in [3.63, 3.8) is 0 Å². The van der Waals surface area contributed by atoms with Crippen LogP contribution in [0.2, 0.25) is 0 Å². The molecule has 0 aromatic carbocycles. The van der Waals surface area contributed by atoms with Crippen molar-refractivity contribution in [3.8, 4) is 0 Å². The molecule has 80 valence electrons. The molecule has 1 heterocycles. The zero-order valence-corrected chi connectivity index (χ0v) is 8.77. The second kappa shape index (κ2) is 5.86. The quantitative estimate of drug-likeness (QED) is 0.657. The molecule has 0 bridgehead atoms. The highest BCUT2D eigenvalue weighted by molar-refractivity contribution is 6.17. The molecule has 1 aliphatic rings. The summed E-state index contributed by atoms with van der Waals surface area (Å²) < 4.78 is 0. The Kier molecular flexibility index (Phi) is 4.73. The van der Waals surface area contributed by atoms with Gasteiger partial charge in [0.2, 0.25) is 11.8 Å². The maximum atomic E-state index is 11.2. The van der Waals surface area contributed by atoms with Gasteiger partial charge < -0.3 is 10.6 Å². The number of halogens is 1. The number of carbonyl (C=O) groups excluding carboxylic acids is 2. The first-order valence-corrected chi connectivity index (χ1v) is 5.38. The van der Waals surface area contributed by atoms with E-state index in [0.29, 0.717) is 31.7 Å². The van der Waals surface area contributed by atoms with Crippen LogP contribution in [0.25, 0.3) is 0 Å². The first kappa shape index (κ1) is 11.3. The molecule has 2 amide bonds. The van der Waals surface area contributed by atoms with Crippen molar-refractivity contribution in [2.75, 3.05) is 12.4 Å². The van der Waals surface area contributed by atoms with Gasteiger partial charge in [0.25, 0.3) is 0 Å². The van der Waals surface area contributed by atoms with E-state index < -0.39 is 0 Å². The molecule has 1 fully saturated rings. The average molecular weight is 219 g/mol. The number of rotatable bonds is 5. The maximum Gasteiger partial charge on any atom is 0.220 e. The molecule has 0 spiro atoms. The van der Waals surface area contributed by atoms with E-state index in [-0.39, 0.29) is 17.9 Å². The lowest BCUT2D eigenvalue weighted by Gasteiger charge is -2.10. The Morgan fingerprint density at radius 3 is 3.00 bits per heavy atom. The van der Waals surface area contributed by atoms with Crippen LogP contribution in [0.4, 0.5) is 0 Å². The lowest BCUT2D eigenvalue weighted by atomic mass is 10.2. The number of nitrogens with one attached hydrogen (secondary N) is 2. The average Bonchev–Trinajstić information content (AvgIpc) is 2.58. The summed E-state index contributed by atoms with van der Waals surface area (Å²) in [6, 6.07) is 0.113. The molecule has 14 heavy (non-hydrogen) atoms. The van der Waals surface area contributed by atoms with E-state index >= 15 is 0 Å². The summed E-state index contributed by atoms with van der Waals surface area (Å²) >= 11 is 5.45. The van der Waals surface area contributed by atoms with Crippen LogP contribution in [0.3, 0.4) is 0 Å². The molecule has 0 aromatic rings. The summed E-state index contributed by atoms with van der Waals surface area (Å²) in [5, 5.41) is 5.55. The Labute approximate surface area is 88.4 Å². The molecule has 1 rings (SSSR count). The molecule has 0 saturated carbocycles. The minimum Gasteiger partial charge on any atom is -0.354 e. The maximum absolute atomic E-state index is 11.2. The highest BCUT2D eigenvalue weighted by Crippen LogP contribution is 2.05. The minimum atomic E-state index is 0.00630. The standard InChI is InChI=1S/C9H15ClN2O2/c10-5-1-2-8(13)11-6-7-3-4-9(14)12-7/h7H,1-6H2,(H,11,13)(H,12,14). The second-order valence-corrected chi connectivity index (χ2v) is 3.78. The summed E-state index contributed by atoms with van der Waals surface area (Å²) in [6.07, 6.45) is 2.55. The van der Waals surface area contributed by atoms with Crippen molar-refractivity contribution in [3.05, 3.63) is 0 Å². The van der Waals surface area contributed by atoms with Gasteiger partial charge in [-0.25, -0.2) is 0 Å². The van der Waals surface area contributed by atoms with Gasteiger partial charge in [-0.3, -0.25) is 9.59 Å². The van der Waals surface area contributed by atoms with E-state index in [1.807, 2.05) is 0 Å². The van der Waals surface area contributed by atoms with Gasteiger partial charge in [-0.05, 0) is 12.8 Å². The third-order valence-corrected chi connectivity index (χ3v) is 2.44. The molecule has 0 aromatic heterocycles. The van der Waals surface area contributed by atoms with Gasteiger partial charge in [0.1, 0.15) is 0 Å². The third-order valence-electron chi connectivity index (χ3n) is 2.17. The lowest BCUT2D eigenvalue weighted by molar-refractivity contribution is -0.122. The van der Waals surface area contributed by atoms with Crippen LogP contribution in [0.5, 0.6) is 0 Å². The van der Waals surface area contributed by atoms with Crippen LogP contribution >= 0.6 is 11.6 Å². The Bertz CT molecular complexity index is 221. The first-order chi connectivity index (χ1) is 6.72. The van der Waals surface area contributed by atoms with Crippen LogP contribution in [-0.4, -0.2) is 30.3 Å². The van der Waals surface area contributed by atoms with Gasteiger partial charge in [0, 0.05) is 31.3 Å².